The Kier molecular flexibility index (Phi) is 8.09. The van der Waals surface area contributed by atoms with Gasteiger partial charge in [0.1, 0.15) is 6.04 Å². The Bertz CT molecular complexity index is 1150. The summed E-state index contributed by atoms with van der Waals surface area (Å²) in [5.41, 5.74) is 1.72. The molecule has 3 aliphatic heterocycles. The summed E-state index contributed by atoms with van der Waals surface area (Å²) < 4.78 is -0.619. The van der Waals surface area contributed by atoms with Gasteiger partial charge >= 0.3 is 0 Å². The van der Waals surface area contributed by atoms with E-state index in [1.807, 2.05) is 60.7 Å². The Morgan fingerprint density at radius 3 is 2.39 bits per heavy atom. The summed E-state index contributed by atoms with van der Waals surface area (Å²) in [4.78, 5) is 43.4. The van der Waals surface area contributed by atoms with Gasteiger partial charge in [-0.05, 0) is 42.9 Å². The first kappa shape index (κ1) is 26.8. The predicted octanol–water partition coefficient (Wildman–Crippen LogP) is 3.83. The maximum Gasteiger partial charge on any atom is 0.244 e. The molecule has 2 aromatic carbocycles. The molecule has 6 atom stereocenters. The zero-order chi connectivity index (χ0) is 26.7. The first-order chi connectivity index (χ1) is 18.5. The molecule has 2 bridgehead atoms. The van der Waals surface area contributed by atoms with Crippen molar-refractivity contribution in [2.45, 2.75) is 61.6 Å². The van der Waals surface area contributed by atoms with Crippen LogP contribution in [0, 0.1) is 17.8 Å². The van der Waals surface area contributed by atoms with Crippen LogP contribution in [0.15, 0.2) is 60.7 Å². The van der Waals surface area contributed by atoms with E-state index in [2.05, 4.69) is 17.6 Å². The predicted molar refractivity (Wildman–Crippen MR) is 149 cm³/mol. The molecular weight excluding hydrogens is 498 g/mol. The Hall–Kier alpha value is -2.84. The van der Waals surface area contributed by atoms with Gasteiger partial charge in [-0.2, -0.15) is 0 Å². The van der Waals surface area contributed by atoms with Gasteiger partial charge in [0.15, 0.2) is 0 Å². The number of thioether (sulfide) groups is 1. The van der Waals surface area contributed by atoms with E-state index in [0.29, 0.717) is 13.1 Å². The van der Waals surface area contributed by atoms with Gasteiger partial charge in [0.05, 0.1) is 16.6 Å². The third kappa shape index (κ3) is 4.84. The van der Waals surface area contributed by atoms with E-state index < -0.39 is 22.6 Å². The lowest BCUT2D eigenvalue weighted by atomic mass is 9.66. The fourth-order valence-corrected chi connectivity index (χ4v) is 9.16. The van der Waals surface area contributed by atoms with Crippen molar-refractivity contribution in [1.82, 2.24) is 10.2 Å². The number of benzene rings is 2. The zero-order valence-electron chi connectivity index (χ0n) is 21.8. The van der Waals surface area contributed by atoms with Crippen LogP contribution in [0.25, 0.3) is 0 Å². The summed E-state index contributed by atoms with van der Waals surface area (Å²) in [5.74, 6) is -1.18. The highest BCUT2D eigenvalue weighted by Gasteiger charge is 2.75. The number of amides is 3. The molecule has 3 heterocycles. The van der Waals surface area contributed by atoms with Gasteiger partial charge in [-0.3, -0.25) is 14.4 Å². The van der Waals surface area contributed by atoms with Crippen LogP contribution < -0.4 is 10.6 Å². The van der Waals surface area contributed by atoms with Crippen LogP contribution in [-0.4, -0.2) is 56.9 Å². The number of anilines is 1. The number of hydrogen-bond donors (Lipinski definition) is 3. The minimum absolute atomic E-state index is 0.0128. The van der Waals surface area contributed by atoms with Crippen LogP contribution in [-0.2, 0) is 20.9 Å². The normalized spacial score (nSPS) is 29.4. The molecule has 202 valence electrons. The van der Waals surface area contributed by atoms with Crippen molar-refractivity contribution in [2.24, 2.45) is 17.8 Å². The second-order valence-electron chi connectivity index (χ2n) is 10.8. The monoisotopic (exact) mass is 535 g/mol. The number of carbonyl (C=O) groups is 3. The average Bonchev–Trinajstić information content (AvgIpc) is 3.52. The van der Waals surface area contributed by atoms with Gasteiger partial charge in [0.2, 0.25) is 17.7 Å². The number of aliphatic hydroxyl groups is 1. The van der Waals surface area contributed by atoms with Gasteiger partial charge in [-0.25, -0.2) is 0 Å². The van der Waals surface area contributed by atoms with Gasteiger partial charge in [-0.15, -0.1) is 11.8 Å². The van der Waals surface area contributed by atoms with Crippen LogP contribution in [0.1, 0.15) is 44.6 Å². The molecule has 5 rings (SSSR count). The molecule has 2 aromatic rings. The lowest BCUT2D eigenvalue weighted by Crippen LogP contribution is -2.56. The fraction of sp³-hybridized carbons (Fsp3) is 0.500. The van der Waals surface area contributed by atoms with Crippen molar-refractivity contribution in [3.05, 3.63) is 66.2 Å². The smallest absolute Gasteiger partial charge is 0.244 e. The minimum atomic E-state index is -0.619. The van der Waals surface area contributed by atoms with E-state index in [9.17, 15) is 14.4 Å². The number of aliphatic hydroxyl groups excluding tert-OH is 1. The second-order valence-corrected chi connectivity index (χ2v) is 12.3. The Balaban J connectivity index is 1.41. The molecule has 3 amide bonds. The van der Waals surface area contributed by atoms with E-state index in [4.69, 9.17) is 5.11 Å². The number of nitrogens with zero attached hydrogens (tertiary/aromatic N) is 1. The summed E-state index contributed by atoms with van der Waals surface area (Å²) in [5, 5.41) is 15.3. The maximum absolute atomic E-state index is 14.1. The highest BCUT2D eigenvalue weighted by Crippen LogP contribution is 2.68. The number of likely N-dealkylation sites (tertiary alicyclic amines) is 1. The summed E-state index contributed by atoms with van der Waals surface area (Å²) in [6.07, 6.45) is 4.07. The van der Waals surface area contributed by atoms with Gasteiger partial charge < -0.3 is 20.6 Å². The standard InChI is InChI=1S/C30H37N3O4S/c1-20-18-23-24(27(35)32-22-14-8-5-9-15-22)25-29(37)33(16-10-2-3-11-17-34)26(30(20,25)38-23)28(36)31-19-21-12-6-4-7-13-21/h4-9,12-15,20,23-26,34H,2-3,10-11,16-19H2,1H3,(H,31,36)(H,32,35)/t20?,23-,24+,25-,26?,30?/m0/s1. The second kappa shape index (κ2) is 11.5. The average molecular weight is 536 g/mol. The minimum Gasteiger partial charge on any atom is -0.396 e. The molecule has 3 N–H and O–H groups in total. The maximum atomic E-state index is 14.1. The Morgan fingerprint density at radius 2 is 1.68 bits per heavy atom. The molecular formula is C30H37N3O4S. The largest absolute Gasteiger partial charge is 0.396 e. The van der Waals surface area contributed by atoms with E-state index in [0.717, 1.165) is 43.4 Å². The first-order valence-corrected chi connectivity index (χ1v) is 14.6. The van der Waals surface area contributed by atoms with Crippen molar-refractivity contribution in [1.29, 1.82) is 0 Å². The topological polar surface area (TPSA) is 98.7 Å². The Labute approximate surface area is 228 Å². The van der Waals surface area contributed by atoms with E-state index in [-0.39, 0.29) is 35.5 Å². The van der Waals surface area contributed by atoms with Crippen molar-refractivity contribution < 1.29 is 19.5 Å². The van der Waals surface area contributed by atoms with Crippen LogP contribution in [0.2, 0.25) is 0 Å². The van der Waals surface area contributed by atoms with E-state index >= 15 is 0 Å². The van der Waals surface area contributed by atoms with Gasteiger partial charge in [0.25, 0.3) is 0 Å². The van der Waals surface area contributed by atoms with Crippen molar-refractivity contribution in [3.63, 3.8) is 0 Å². The molecule has 1 spiro atoms. The molecule has 7 nitrogen and oxygen atoms in total. The molecule has 38 heavy (non-hydrogen) atoms. The van der Waals surface area contributed by atoms with Gasteiger partial charge in [-0.1, -0.05) is 68.3 Å². The molecule has 8 heteroatoms. The van der Waals surface area contributed by atoms with Crippen LogP contribution in [0.3, 0.4) is 0 Å². The zero-order valence-corrected chi connectivity index (χ0v) is 22.7. The van der Waals surface area contributed by atoms with Crippen molar-refractivity contribution in [3.8, 4) is 0 Å². The van der Waals surface area contributed by atoms with Crippen LogP contribution >= 0.6 is 11.8 Å². The molecule has 3 aliphatic rings. The number of hydrogen-bond acceptors (Lipinski definition) is 5. The van der Waals surface area contributed by atoms with E-state index in [1.165, 1.54) is 0 Å². The van der Waals surface area contributed by atoms with Crippen molar-refractivity contribution >= 4 is 35.2 Å². The highest BCUT2D eigenvalue weighted by atomic mass is 32.2. The third-order valence-corrected chi connectivity index (χ3v) is 10.5. The van der Waals surface area contributed by atoms with Gasteiger partial charge in [0, 0.05) is 30.6 Å². The lowest BCUT2D eigenvalue weighted by Gasteiger charge is -2.38. The van der Waals surface area contributed by atoms with Crippen LogP contribution in [0.4, 0.5) is 5.69 Å². The summed E-state index contributed by atoms with van der Waals surface area (Å²) in [7, 11) is 0. The summed E-state index contributed by atoms with van der Waals surface area (Å²) in [6.45, 7) is 3.18. The van der Waals surface area contributed by atoms with Crippen molar-refractivity contribution in [2.75, 3.05) is 18.5 Å². The number of nitrogens with one attached hydrogen (secondary N) is 2. The molecule has 0 aromatic heterocycles. The number of unbranched alkanes of at least 4 members (excludes halogenated alkanes) is 3. The molecule has 0 aliphatic carbocycles. The Morgan fingerprint density at radius 1 is 1.00 bits per heavy atom. The van der Waals surface area contributed by atoms with Crippen LogP contribution in [0.5, 0.6) is 0 Å². The first-order valence-electron chi connectivity index (χ1n) is 13.7. The summed E-state index contributed by atoms with van der Waals surface area (Å²) >= 11 is 1.70. The third-order valence-electron chi connectivity index (χ3n) is 8.45. The molecule has 3 unspecified atom stereocenters. The SMILES string of the molecule is CC1C[C@@H]2SC13C(C(=O)NCc1ccccc1)N(CCCCCCO)C(=O)[C@@H]3[C@@H]2C(=O)Nc1ccccc1. The number of carbonyl (C=O) groups excluding carboxylic acids is 3. The lowest BCUT2D eigenvalue weighted by molar-refractivity contribution is -0.139. The van der Waals surface area contributed by atoms with E-state index in [1.54, 1.807) is 16.7 Å². The molecule has 3 saturated heterocycles. The molecule has 0 radical (unpaired) electrons. The highest BCUT2D eigenvalue weighted by molar-refractivity contribution is 8.02. The molecule has 3 fully saturated rings. The molecule has 0 saturated carbocycles. The number of rotatable bonds is 11. The number of fused-ring (bicyclic) bond motifs is 1. The quantitative estimate of drug-likeness (QED) is 0.380. The number of para-hydroxylation sites is 1. The summed E-state index contributed by atoms with van der Waals surface area (Å²) in [6, 6.07) is 18.5. The fourth-order valence-electron chi connectivity index (χ4n) is 6.74.